The van der Waals surface area contributed by atoms with E-state index >= 15 is 0 Å². The largest absolute Gasteiger partial charge is 0.437 e. The van der Waals surface area contributed by atoms with Crippen molar-refractivity contribution < 1.29 is 58.7 Å². The Morgan fingerprint density at radius 2 is 0.875 bits per heavy atom. The van der Waals surface area contributed by atoms with Crippen LogP contribution in [0, 0.1) is 5.82 Å². The second-order valence-corrected chi connectivity index (χ2v) is 20.4. The maximum Gasteiger partial charge on any atom is 0.437 e. The molecule has 24 heteroatoms. The molecule has 6 aromatic rings. The average Bonchev–Trinajstić information content (AvgIpc) is 4.20. The van der Waals surface area contributed by atoms with Gasteiger partial charge >= 0.3 is 12.4 Å². The molecule has 4 fully saturated rings. The standard InChI is InChI=1S/C28H29ClF3N5O3.C28H29F4N5O3/c2*29-21-7-3-2-6-20(21)17-24(39)36-14-12-35(13-15-36)23-9-8-19(18-33-23)16-22(38)25-26(28(30,31)32)34-27(40-25)37-10-4-1-5-11-37/h2*2-3,6-9,18H,1,4-5,10-17H2. The van der Waals surface area contributed by atoms with E-state index in [-0.39, 0.29) is 49.5 Å². The maximum absolute atomic E-state index is 13.9. The zero-order valence-electron chi connectivity index (χ0n) is 43.6. The zero-order valence-corrected chi connectivity index (χ0v) is 44.3. The van der Waals surface area contributed by atoms with Gasteiger partial charge in [0.05, 0.1) is 12.8 Å². The lowest BCUT2D eigenvalue weighted by Gasteiger charge is -2.35. The van der Waals surface area contributed by atoms with E-state index in [4.69, 9.17) is 20.4 Å². The van der Waals surface area contributed by atoms with Gasteiger partial charge in [0.2, 0.25) is 34.9 Å². The topological polar surface area (TPSA) is 166 Å². The molecule has 0 spiro atoms. The number of alkyl halides is 6. The van der Waals surface area contributed by atoms with Crippen molar-refractivity contribution in [1.82, 2.24) is 29.7 Å². The van der Waals surface area contributed by atoms with Crippen LogP contribution in [-0.2, 0) is 47.6 Å². The quantitative estimate of drug-likeness (QED) is 0.0748. The molecule has 0 radical (unpaired) electrons. The summed E-state index contributed by atoms with van der Waals surface area (Å²) < 4.78 is 107. The molecule has 4 aliphatic heterocycles. The van der Waals surface area contributed by atoms with Gasteiger partial charge < -0.3 is 38.2 Å². The van der Waals surface area contributed by atoms with Crippen molar-refractivity contribution in [2.75, 3.05) is 98.1 Å². The van der Waals surface area contributed by atoms with Gasteiger partial charge in [-0.05, 0) is 85.0 Å². The van der Waals surface area contributed by atoms with Gasteiger partial charge in [-0.3, -0.25) is 19.2 Å². The highest BCUT2D eigenvalue weighted by Gasteiger charge is 2.43. The first-order chi connectivity index (χ1) is 38.4. The molecule has 2 amide bonds. The minimum atomic E-state index is -4.82. The van der Waals surface area contributed by atoms with Gasteiger partial charge in [0.25, 0.3) is 12.0 Å². The molecule has 0 atom stereocenters. The van der Waals surface area contributed by atoms with Crippen LogP contribution < -0.4 is 19.6 Å². The summed E-state index contributed by atoms with van der Waals surface area (Å²) in [5.74, 6) is -2.44. The van der Waals surface area contributed by atoms with Gasteiger partial charge in [-0.25, -0.2) is 14.4 Å². The summed E-state index contributed by atoms with van der Waals surface area (Å²) in [6.07, 6.45) is -1.77. The number of oxazole rings is 2. The number of aromatic nitrogens is 4. The Hall–Kier alpha value is -7.56. The van der Waals surface area contributed by atoms with Gasteiger partial charge in [0.15, 0.2) is 11.4 Å². The third-order valence-electron chi connectivity index (χ3n) is 14.4. The molecule has 4 saturated heterocycles. The number of halogens is 8. The molecule has 4 aromatic heterocycles. The first-order valence-electron chi connectivity index (χ1n) is 26.5. The van der Waals surface area contributed by atoms with Crippen molar-refractivity contribution in [3.05, 3.63) is 141 Å². The fourth-order valence-electron chi connectivity index (χ4n) is 9.97. The summed E-state index contributed by atoms with van der Waals surface area (Å²) in [7, 11) is 0. The van der Waals surface area contributed by atoms with Gasteiger partial charge in [-0.15, -0.1) is 0 Å². The summed E-state index contributed by atoms with van der Waals surface area (Å²) in [5, 5.41) is 0.567. The number of benzene rings is 2. The first kappa shape index (κ1) is 57.1. The van der Waals surface area contributed by atoms with Gasteiger partial charge in [-0.2, -0.15) is 36.3 Å². The molecule has 0 unspecified atom stereocenters. The van der Waals surface area contributed by atoms with Crippen LogP contribution in [0.4, 0.5) is 54.4 Å². The predicted molar refractivity (Wildman–Crippen MR) is 283 cm³/mol. The number of pyridine rings is 2. The van der Waals surface area contributed by atoms with Crippen molar-refractivity contribution in [2.45, 2.75) is 76.6 Å². The Kier molecular flexibility index (Phi) is 18.0. The van der Waals surface area contributed by atoms with Crippen molar-refractivity contribution in [1.29, 1.82) is 0 Å². The van der Waals surface area contributed by atoms with Gasteiger partial charge in [0, 0.05) is 109 Å². The van der Waals surface area contributed by atoms with E-state index in [0.717, 1.165) is 44.1 Å². The maximum atomic E-state index is 13.9. The normalized spacial score (nSPS) is 16.4. The number of carbonyl (C=O) groups is 4. The lowest BCUT2D eigenvalue weighted by Crippen LogP contribution is -2.49. The van der Waals surface area contributed by atoms with E-state index in [1.54, 1.807) is 68.1 Å². The van der Waals surface area contributed by atoms with Crippen LogP contribution >= 0.6 is 11.6 Å². The fraction of sp³-hybridized carbons (Fsp3) is 0.429. The fourth-order valence-corrected chi connectivity index (χ4v) is 10.2. The van der Waals surface area contributed by atoms with Crippen LogP contribution in [0.25, 0.3) is 0 Å². The Morgan fingerprint density at radius 1 is 0.475 bits per heavy atom. The predicted octanol–water partition coefficient (Wildman–Crippen LogP) is 9.58. The number of piperidine rings is 2. The number of Topliss-reactive ketones (excluding diaryl/α,β-unsaturated/α-hetero) is 2. The van der Waals surface area contributed by atoms with E-state index < -0.39 is 52.6 Å². The first-order valence-corrected chi connectivity index (χ1v) is 26.9. The Labute approximate surface area is 461 Å². The number of piperazine rings is 2. The number of rotatable bonds is 14. The Morgan fingerprint density at radius 3 is 1.26 bits per heavy atom. The Bertz CT molecular complexity index is 2900. The molecule has 80 heavy (non-hydrogen) atoms. The second-order valence-electron chi connectivity index (χ2n) is 20.0. The molecular weight excluding hydrogens is 1080 g/mol. The van der Waals surface area contributed by atoms with Crippen LogP contribution in [0.3, 0.4) is 0 Å². The summed E-state index contributed by atoms with van der Waals surface area (Å²) in [4.78, 5) is 77.9. The van der Waals surface area contributed by atoms with Crippen LogP contribution in [0.1, 0.15) is 93.3 Å². The lowest BCUT2D eigenvalue weighted by atomic mass is 10.1. The van der Waals surface area contributed by atoms with Crippen molar-refractivity contribution >= 4 is 58.6 Å². The highest BCUT2D eigenvalue weighted by Crippen LogP contribution is 2.37. The molecule has 0 aliphatic carbocycles. The number of nitrogens with zero attached hydrogens (tertiary/aromatic N) is 10. The number of amides is 2. The molecule has 0 N–H and O–H groups in total. The number of hydrogen-bond acceptors (Lipinski definition) is 14. The summed E-state index contributed by atoms with van der Waals surface area (Å²) in [6.45, 7) is 6.27. The number of carbonyl (C=O) groups excluding carboxylic acids is 4. The summed E-state index contributed by atoms with van der Waals surface area (Å²) in [5.41, 5.74) is -0.534. The second kappa shape index (κ2) is 25.3. The minimum Gasteiger partial charge on any atom is -0.420 e. The third-order valence-corrected chi connectivity index (χ3v) is 14.8. The molecule has 0 bridgehead atoms. The average molecular weight is 1140 g/mol. The summed E-state index contributed by atoms with van der Waals surface area (Å²) >= 11 is 6.18. The monoisotopic (exact) mass is 1130 g/mol. The van der Waals surface area contributed by atoms with Crippen LogP contribution in [0.2, 0.25) is 5.02 Å². The molecule has 8 heterocycles. The van der Waals surface area contributed by atoms with Crippen LogP contribution in [-0.4, -0.2) is 132 Å². The molecule has 2 aromatic carbocycles. The lowest BCUT2D eigenvalue weighted by molar-refractivity contribution is -0.142. The van der Waals surface area contributed by atoms with Crippen LogP contribution in [0.5, 0.6) is 0 Å². The van der Waals surface area contributed by atoms with E-state index in [0.29, 0.717) is 112 Å². The van der Waals surface area contributed by atoms with Crippen LogP contribution in [0.15, 0.2) is 94.0 Å². The highest BCUT2D eigenvalue weighted by molar-refractivity contribution is 6.31. The van der Waals surface area contributed by atoms with E-state index in [1.807, 2.05) is 28.0 Å². The van der Waals surface area contributed by atoms with E-state index in [2.05, 4.69) is 19.9 Å². The summed E-state index contributed by atoms with van der Waals surface area (Å²) in [6, 6.07) is 19.9. The minimum absolute atomic E-state index is 0.00338. The van der Waals surface area contributed by atoms with Gasteiger partial charge in [0.1, 0.15) is 17.5 Å². The molecule has 4 aliphatic rings. The van der Waals surface area contributed by atoms with E-state index in [9.17, 15) is 49.9 Å². The number of anilines is 4. The molecule has 16 nitrogen and oxygen atoms in total. The molecule has 424 valence electrons. The molecule has 0 saturated carbocycles. The van der Waals surface area contributed by atoms with E-state index in [1.165, 1.54) is 18.5 Å². The smallest absolute Gasteiger partial charge is 0.420 e. The highest BCUT2D eigenvalue weighted by atomic mass is 35.5. The molecule has 10 rings (SSSR count). The van der Waals surface area contributed by atoms with Crippen molar-refractivity contribution in [2.24, 2.45) is 0 Å². The van der Waals surface area contributed by atoms with Gasteiger partial charge in [-0.1, -0.05) is 60.1 Å². The zero-order chi connectivity index (χ0) is 56.6. The van der Waals surface area contributed by atoms with Crippen molar-refractivity contribution in [3.8, 4) is 0 Å². The Balaban J connectivity index is 0.000000194. The number of ketones is 2. The number of hydrogen-bond donors (Lipinski definition) is 0. The SMILES string of the molecule is O=C(Cc1ccc(N2CCN(C(=O)Cc3ccccc3Cl)CC2)nc1)c1oc(N2CCCCC2)nc1C(F)(F)F.O=C(Cc1ccc(N2CCN(C(=O)Cc3ccccc3F)CC2)nc1)c1oc(N2CCCCC2)nc1C(F)(F)F. The van der Waals surface area contributed by atoms with Crippen molar-refractivity contribution in [3.63, 3.8) is 0 Å². The third kappa shape index (κ3) is 14.2. The molecular formula is C56H58ClF7N10O6.